The summed E-state index contributed by atoms with van der Waals surface area (Å²) >= 11 is 0. The second-order valence-corrected chi connectivity index (χ2v) is 4.31. The van der Waals surface area contributed by atoms with Crippen LogP contribution in [0.1, 0.15) is 26.2 Å². The zero-order chi connectivity index (χ0) is 12.3. The first kappa shape index (κ1) is 12.9. The molecule has 0 radical (unpaired) electrons. The van der Waals surface area contributed by atoms with Crippen LogP contribution in [0.5, 0.6) is 0 Å². The number of nitrogens with two attached hydrogens (primary N) is 1. The molecule has 92 valence electrons. The zero-order valence-corrected chi connectivity index (χ0v) is 9.30. The van der Waals surface area contributed by atoms with Crippen molar-refractivity contribution in [2.75, 3.05) is 6.54 Å². The number of aliphatic carboxylic acids is 1. The molecule has 16 heavy (non-hydrogen) atoms. The Balaban J connectivity index is 2.56. The van der Waals surface area contributed by atoms with Crippen LogP contribution in [0.25, 0.3) is 0 Å². The molecule has 1 amide bonds. The topological polar surface area (TPSA) is 104 Å². The molecule has 0 spiro atoms. The van der Waals surface area contributed by atoms with E-state index in [1.165, 1.54) is 4.90 Å². The van der Waals surface area contributed by atoms with Crippen molar-refractivity contribution >= 4 is 11.9 Å². The number of rotatable bonds is 4. The number of nitrogens with zero attached hydrogens (tertiary/aromatic N) is 1. The summed E-state index contributed by atoms with van der Waals surface area (Å²) in [6, 6.07) is -0.977. The van der Waals surface area contributed by atoms with E-state index in [1.54, 1.807) is 6.92 Å². The fraction of sp³-hybridized carbons (Fsp3) is 0.800. The Hall–Kier alpha value is -1.14. The number of carbonyl (C=O) groups excluding carboxylic acids is 1. The maximum Gasteiger partial charge on any atom is 0.326 e. The number of β-amino-alcohol motifs (C(OH)–C–C–N with tert-alkyl or cyclic N) is 1. The Labute approximate surface area is 94.0 Å². The fourth-order valence-corrected chi connectivity index (χ4v) is 1.82. The first-order valence-electron chi connectivity index (χ1n) is 5.37. The van der Waals surface area contributed by atoms with Crippen LogP contribution in [0, 0.1) is 0 Å². The van der Waals surface area contributed by atoms with Crippen LogP contribution in [-0.2, 0) is 9.59 Å². The monoisotopic (exact) mass is 230 g/mol. The molecule has 0 aliphatic carbocycles. The summed E-state index contributed by atoms with van der Waals surface area (Å²) in [5, 5.41) is 18.3. The summed E-state index contributed by atoms with van der Waals surface area (Å²) in [7, 11) is 0. The van der Waals surface area contributed by atoms with Crippen molar-refractivity contribution in [1.82, 2.24) is 4.90 Å². The summed E-state index contributed by atoms with van der Waals surface area (Å²) < 4.78 is 0. The number of carboxylic acids is 1. The smallest absolute Gasteiger partial charge is 0.326 e. The minimum atomic E-state index is -1.06. The van der Waals surface area contributed by atoms with Gasteiger partial charge in [0.15, 0.2) is 0 Å². The highest BCUT2D eigenvalue weighted by atomic mass is 16.4. The van der Waals surface area contributed by atoms with Gasteiger partial charge in [0.1, 0.15) is 6.04 Å². The SMILES string of the molecule is CC(N)CCC(=O)N1CC(O)CC1C(=O)O. The number of carbonyl (C=O) groups is 2. The molecule has 0 aromatic rings. The largest absolute Gasteiger partial charge is 0.480 e. The van der Waals surface area contributed by atoms with E-state index in [-0.39, 0.29) is 31.3 Å². The molecule has 3 unspecified atom stereocenters. The molecule has 0 bridgehead atoms. The Morgan fingerprint density at radius 2 is 2.19 bits per heavy atom. The lowest BCUT2D eigenvalue weighted by atomic mass is 10.1. The van der Waals surface area contributed by atoms with Crippen molar-refractivity contribution in [1.29, 1.82) is 0 Å². The van der Waals surface area contributed by atoms with Gasteiger partial charge < -0.3 is 20.8 Å². The van der Waals surface area contributed by atoms with Crippen molar-refractivity contribution in [3.05, 3.63) is 0 Å². The van der Waals surface area contributed by atoms with E-state index in [0.29, 0.717) is 6.42 Å². The molecule has 1 aliphatic rings. The predicted octanol–water partition coefficient (Wildman–Crippen LogP) is -0.840. The van der Waals surface area contributed by atoms with Crippen LogP contribution in [0.2, 0.25) is 0 Å². The van der Waals surface area contributed by atoms with Gasteiger partial charge in [0.05, 0.1) is 6.10 Å². The van der Waals surface area contributed by atoms with E-state index in [4.69, 9.17) is 10.8 Å². The van der Waals surface area contributed by atoms with Gasteiger partial charge >= 0.3 is 5.97 Å². The predicted molar refractivity (Wildman–Crippen MR) is 56.6 cm³/mol. The van der Waals surface area contributed by atoms with Gasteiger partial charge in [0.25, 0.3) is 0 Å². The third-order valence-electron chi connectivity index (χ3n) is 2.70. The van der Waals surface area contributed by atoms with Crippen molar-refractivity contribution < 1.29 is 19.8 Å². The van der Waals surface area contributed by atoms with Crippen molar-refractivity contribution in [3.63, 3.8) is 0 Å². The molecule has 1 rings (SSSR count). The van der Waals surface area contributed by atoms with E-state index < -0.39 is 18.1 Å². The molecule has 6 nitrogen and oxygen atoms in total. The first-order chi connectivity index (χ1) is 7.41. The van der Waals surface area contributed by atoms with Crippen molar-refractivity contribution in [2.45, 2.75) is 44.4 Å². The molecule has 1 aliphatic heterocycles. The van der Waals surface area contributed by atoms with Gasteiger partial charge in [-0.25, -0.2) is 4.79 Å². The Bertz CT molecular complexity index is 280. The highest BCUT2D eigenvalue weighted by molar-refractivity contribution is 5.84. The third kappa shape index (κ3) is 3.18. The maximum absolute atomic E-state index is 11.7. The summed E-state index contributed by atoms with van der Waals surface area (Å²) in [4.78, 5) is 23.8. The normalized spacial score (nSPS) is 26.8. The molecule has 1 saturated heterocycles. The van der Waals surface area contributed by atoms with Gasteiger partial charge in [0.2, 0.25) is 5.91 Å². The lowest BCUT2D eigenvalue weighted by Gasteiger charge is -2.21. The van der Waals surface area contributed by atoms with E-state index in [1.807, 2.05) is 0 Å². The van der Waals surface area contributed by atoms with Gasteiger partial charge in [-0.15, -0.1) is 0 Å². The first-order valence-corrected chi connectivity index (χ1v) is 5.37. The lowest BCUT2D eigenvalue weighted by Crippen LogP contribution is -2.40. The van der Waals surface area contributed by atoms with E-state index in [9.17, 15) is 14.7 Å². The number of hydrogen-bond donors (Lipinski definition) is 3. The lowest BCUT2D eigenvalue weighted by molar-refractivity contribution is -0.148. The second-order valence-electron chi connectivity index (χ2n) is 4.31. The zero-order valence-electron chi connectivity index (χ0n) is 9.30. The van der Waals surface area contributed by atoms with Gasteiger partial charge in [0, 0.05) is 25.4 Å². The van der Waals surface area contributed by atoms with Crippen molar-refractivity contribution in [3.8, 4) is 0 Å². The van der Waals surface area contributed by atoms with Crippen LogP contribution >= 0.6 is 0 Å². The van der Waals surface area contributed by atoms with E-state index in [0.717, 1.165) is 0 Å². The van der Waals surface area contributed by atoms with Crippen LogP contribution in [-0.4, -0.2) is 51.7 Å². The minimum Gasteiger partial charge on any atom is -0.480 e. The Morgan fingerprint density at radius 3 is 2.69 bits per heavy atom. The molecular formula is C10H18N2O4. The van der Waals surface area contributed by atoms with Crippen molar-refractivity contribution in [2.24, 2.45) is 5.73 Å². The van der Waals surface area contributed by atoms with E-state index in [2.05, 4.69) is 0 Å². The second kappa shape index (κ2) is 5.27. The molecule has 6 heteroatoms. The number of aliphatic hydroxyl groups excluding tert-OH is 1. The number of aliphatic hydroxyl groups is 1. The highest BCUT2D eigenvalue weighted by Crippen LogP contribution is 2.19. The van der Waals surface area contributed by atoms with Gasteiger partial charge in [-0.2, -0.15) is 0 Å². The number of likely N-dealkylation sites (tertiary alicyclic amines) is 1. The van der Waals surface area contributed by atoms with Gasteiger partial charge in [-0.05, 0) is 13.3 Å². The summed E-state index contributed by atoms with van der Waals surface area (Å²) in [6.07, 6.45) is 0.130. The minimum absolute atomic E-state index is 0.0836. The van der Waals surface area contributed by atoms with Crippen LogP contribution in [0.4, 0.5) is 0 Å². The fourth-order valence-electron chi connectivity index (χ4n) is 1.82. The standard InChI is InChI=1S/C10H18N2O4/c1-6(11)2-3-9(14)12-5-7(13)4-8(12)10(15)16/h6-8,13H,2-5,11H2,1H3,(H,15,16). The summed E-state index contributed by atoms with van der Waals surface area (Å²) in [6.45, 7) is 1.90. The molecule has 3 atom stereocenters. The molecule has 1 heterocycles. The van der Waals surface area contributed by atoms with Crippen LogP contribution in [0.3, 0.4) is 0 Å². The Kier molecular flexibility index (Phi) is 4.26. The summed E-state index contributed by atoms with van der Waals surface area (Å²) in [5.41, 5.74) is 5.52. The Morgan fingerprint density at radius 1 is 1.56 bits per heavy atom. The average molecular weight is 230 g/mol. The number of carboxylic acid groups (broad SMARTS) is 1. The molecule has 1 fully saturated rings. The van der Waals surface area contributed by atoms with Crippen LogP contribution < -0.4 is 5.73 Å². The third-order valence-corrected chi connectivity index (χ3v) is 2.70. The quantitative estimate of drug-likeness (QED) is 0.584. The molecule has 4 N–H and O–H groups in total. The number of amides is 1. The number of hydrogen-bond acceptors (Lipinski definition) is 4. The molecular weight excluding hydrogens is 212 g/mol. The van der Waals surface area contributed by atoms with Gasteiger partial charge in [-0.1, -0.05) is 0 Å². The van der Waals surface area contributed by atoms with Gasteiger partial charge in [-0.3, -0.25) is 4.79 Å². The van der Waals surface area contributed by atoms with Crippen LogP contribution in [0.15, 0.2) is 0 Å². The molecule has 0 aromatic heterocycles. The molecule has 0 aromatic carbocycles. The maximum atomic E-state index is 11.7. The molecule has 0 saturated carbocycles. The average Bonchev–Trinajstić information content (AvgIpc) is 2.56. The summed E-state index contributed by atoms with van der Waals surface area (Å²) in [5.74, 6) is -1.31. The highest BCUT2D eigenvalue weighted by Gasteiger charge is 2.38. The van der Waals surface area contributed by atoms with E-state index >= 15 is 0 Å².